The van der Waals surface area contributed by atoms with Gasteiger partial charge in [0.1, 0.15) is 11.5 Å². The van der Waals surface area contributed by atoms with Crippen LogP contribution < -0.4 is 9.47 Å². The normalized spacial score (nSPS) is 10.8. The Hall–Kier alpha value is -0.780. The fourth-order valence-corrected chi connectivity index (χ4v) is 2.57. The van der Waals surface area contributed by atoms with Crippen molar-refractivity contribution in [3.8, 4) is 11.5 Å². The topological polar surface area (TPSA) is 41.9 Å². The van der Waals surface area contributed by atoms with Crippen LogP contribution in [0.3, 0.4) is 0 Å². The number of aliphatic hydroxyl groups excluding tert-OH is 1. The minimum Gasteiger partial charge on any atom is -0.496 e. The van der Waals surface area contributed by atoms with Crippen LogP contribution in [0.5, 0.6) is 11.5 Å². The van der Waals surface area contributed by atoms with Crippen molar-refractivity contribution >= 4 is 15.9 Å². The van der Waals surface area contributed by atoms with Gasteiger partial charge in [-0.1, -0.05) is 6.92 Å². The molecule has 0 amide bonds. The predicted molar refractivity (Wildman–Crippen MR) is 79.9 cm³/mol. The number of aliphatic hydroxyl groups is 1. The van der Waals surface area contributed by atoms with Crippen molar-refractivity contribution in [2.45, 2.75) is 19.9 Å². The smallest absolute Gasteiger partial charge is 0.136 e. The first-order chi connectivity index (χ1) is 9.15. The van der Waals surface area contributed by atoms with E-state index in [9.17, 15) is 0 Å². The summed E-state index contributed by atoms with van der Waals surface area (Å²) in [4.78, 5) is 2.21. The van der Waals surface area contributed by atoms with Gasteiger partial charge in [-0.3, -0.25) is 4.90 Å². The number of ether oxygens (including phenoxy) is 2. The molecular formula is C14H22BrNO3. The number of hydrogen-bond acceptors (Lipinski definition) is 4. The van der Waals surface area contributed by atoms with E-state index in [1.807, 2.05) is 12.1 Å². The van der Waals surface area contributed by atoms with Gasteiger partial charge in [0.05, 0.1) is 25.3 Å². The fraction of sp³-hybridized carbons (Fsp3) is 0.571. The Kier molecular flexibility index (Phi) is 7.20. The van der Waals surface area contributed by atoms with E-state index in [1.165, 1.54) is 0 Å². The summed E-state index contributed by atoms with van der Waals surface area (Å²) < 4.78 is 11.6. The van der Waals surface area contributed by atoms with Gasteiger partial charge in [-0.05, 0) is 35.0 Å². The molecule has 19 heavy (non-hydrogen) atoms. The second kappa shape index (κ2) is 8.40. The molecule has 5 heteroatoms. The highest BCUT2D eigenvalue weighted by Gasteiger charge is 2.12. The van der Waals surface area contributed by atoms with Gasteiger partial charge in [0.25, 0.3) is 0 Å². The summed E-state index contributed by atoms with van der Waals surface area (Å²) >= 11 is 3.49. The van der Waals surface area contributed by atoms with Gasteiger partial charge in [-0.2, -0.15) is 0 Å². The molecule has 0 aliphatic heterocycles. The Bertz CT molecular complexity index is 393. The highest BCUT2D eigenvalue weighted by Crippen LogP contribution is 2.33. The third-order valence-electron chi connectivity index (χ3n) is 2.90. The van der Waals surface area contributed by atoms with Crippen LogP contribution in [0.15, 0.2) is 16.6 Å². The number of halogens is 1. The zero-order chi connectivity index (χ0) is 14.3. The maximum Gasteiger partial charge on any atom is 0.136 e. The molecule has 108 valence electrons. The first-order valence-electron chi connectivity index (χ1n) is 6.39. The summed E-state index contributed by atoms with van der Waals surface area (Å²) in [7, 11) is 3.29. The molecule has 0 spiro atoms. The van der Waals surface area contributed by atoms with E-state index in [4.69, 9.17) is 14.6 Å². The summed E-state index contributed by atoms with van der Waals surface area (Å²) in [6.07, 6.45) is 1.06. The van der Waals surface area contributed by atoms with Crippen LogP contribution >= 0.6 is 15.9 Å². The minimum absolute atomic E-state index is 0.166. The standard InChI is InChI=1S/C14H22BrNO3/c1-4-5-16(6-7-17)10-11-8-12(15)14(19-3)9-13(11)18-2/h8-9,17H,4-7,10H2,1-3H3. The summed E-state index contributed by atoms with van der Waals surface area (Å²) in [6.45, 7) is 4.67. The Morgan fingerprint density at radius 3 is 2.37 bits per heavy atom. The number of benzene rings is 1. The Labute approximate surface area is 123 Å². The van der Waals surface area contributed by atoms with Gasteiger partial charge in [0, 0.05) is 24.7 Å². The lowest BCUT2D eigenvalue weighted by Crippen LogP contribution is -2.27. The summed E-state index contributed by atoms with van der Waals surface area (Å²) in [6, 6.07) is 3.89. The quantitative estimate of drug-likeness (QED) is 0.795. The average Bonchev–Trinajstić information content (AvgIpc) is 2.39. The molecule has 0 unspecified atom stereocenters. The van der Waals surface area contributed by atoms with Gasteiger partial charge >= 0.3 is 0 Å². The van der Waals surface area contributed by atoms with E-state index in [1.54, 1.807) is 14.2 Å². The lowest BCUT2D eigenvalue weighted by Gasteiger charge is -2.22. The van der Waals surface area contributed by atoms with Crippen molar-refractivity contribution in [3.63, 3.8) is 0 Å². The molecule has 0 radical (unpaired) electrons. The van der Waals surface area contributed by atoms with Crippen LogP contribution in [0, 0.1) is 0 Å². The lowest BCUT2D eigenvalue weighted by atomic mass is 10.1. The molecule has 0 aromatic heterocycles. The lowest BCUT2D eigenvalue weighted by molar-refractivity contribution is 0.189. The molecule has 0 fully saturated rings. The van der Waals surface area contributed by atoms with E-state index in [-0.39, 0.29) is 6.61 Å². The molecule has 0 aliphatic carbocycles. The largest absolute Gasteiger partial charge is 0.496 e. The van der Waals surface area contributed by atoms with Gasteiger partial charge in [-0.25, -0.2) is 0 Å². The molecule has 0 heterocycles. The highest BCUT2D eigenvalue weighted by atomic mass is 79.9. The highest BCUT2D eigenvalue weighted by molar-refractivity contribution is 9.10. The van der Waals surface area contributed by atoms with E-state index in [2.05, 4.69) is 27.8 Å². The number of hydrogen-bond donors (Lipinski definition) is 1. The average molecular weight is 332 g/mol. The molecular weight excluding hydrogens is 310 g/mol. The Morgan fingerprint density at radius 2 is 1.84 bits per heavy atom. The first-order valence-corrected chi connectivity index (χ1v) is 7.19. The second-order valence-electron chi connectivity index (χ2n) is 4.30. The van der Waals surface area contributed by atoms with Crippen LogP contribution in [0.4, 0.5) is 0 Å². The summed E-state index contributed by atoms with van der Waals surface area (Å²) in [5.41, 5.74) is 1.08. The zero-order valence-corrected chi connectivity index (χ0v) is 13.4. The molecule has 1 N–H and O–H groups in total. The molecule has 0 bridgehead atoms. The Balaban J connectivity index is 2.94. The minimum atomic E-state index is 0.166. The van der Waals surface area contributed by atoms with Crippen molar-refractivity contribution in [3.05, 3.63) is 22.2 Å². The van der Waals surface area contributed by atoms with E-state index < -0.39 is 0 Å². The molecule has 4 nitrogen and oxygen atoms in total. The predicted octanol–water partition coefficient (Wildman–Crippen LogP) is 2.67. The van der Waals surface area contributed by atoms with Crippen LogP contribution in [0.1, 0.15) is 18.9 Å². The number of methoxy groups -OCH3 is 2. The van der Waals surface area contributed by atoms with Gasteiger partial charge in [0.15, 0.2) is 0 Å². The van der Waals surface area contributed by atoms with Crippen LogP contribution in [-0.4, -0.2) is 43.9 Å². The molecule has 0 aliphatic rings. The Morgan fingerprint density at radius 1 is 1.16 bits per heavy atom. The van der Waals surface area contributed by atoms with E-state index >= 15 is 0 Å². The summed E-state index contributed by atoms with van der Waals surface area (Å²) in [5, 5.41) is 9.10. The molecule has 1 aromatic rings. The van der Waals surface area contributed by atoms with Crippen LogP contribution in [-0.2, 0) is 6.54 Å². The maximum absolute atomic E-state index is 9.10. The molecule has 0 atom stereocenters. The van der Waals surface area contributed by atoms with Crippen molar-refractivity contribution < 1.29 is 14.6 Å². The van der Waals surface area contributed by atoms with Crippen LogP contribution in [0.2, 0.25) is 0 Å². The SMILES string of the molecule is CCCN(CCO)Cc1cc(Br)c(OC)cc1OC. The van der Waals surface area contributed by atoms with Crippen molar-refractivity contribution in [2.24, 2.45) is 0 Å². The molecule has 1 aromatic carbocycles. The van der Waals surface area contributed by atoms with Gasteiger partial charge in [-0.15, -0.1) is 0 Å². The number of nitrogens with zero attached hydrogens (tertiary/aromatic N) is 1. The van der Waals surface area contributed by atoms with E-state index in [0.717, 1.165) is 41.0 Å². The maximum atomic E-state index is 9.10. The summed E-state index contributed by atoms with van der Waals surface area (Å²) in [5.74, 6) is 1.56. The second-order valence-corrected chi connectivity index (χ2v) is 5.15. The molecule has 0 saturated carbocycles. The van der Waals surface area contributed by atoms with Crippen LogP contribution in [0.25, 0.3) is 0 Å². The number of rotatable bonds is 8. The van der Waals surface area contributed by atoms with E-state index in [0.29, 0.717) is 6.54 Å². The van der Waals surface area contributed by atoms with Gasteiger partial charge < -0.3 is 14.6 Å². The first kappa shape index (κ1) is 16.3. The third-order valence-corrected chi connectivity index (χ3v) is 3.52. The molecule has 0 saturated heterocycles. The van der Waals surface area contributed by atoms with Gasteiger partial charge in [0.2, 0.25) is 0 Å². The third kappa shape index (κ3) is 4.67. The molecule has 1 rings (SSSR count). The van der Waals surface area contributed by atoms with Crippen molar-refractivity contribution in [1.82, 2.24) is 4.90 Å². The fourth-order valence-electron chi connectivity index (χ4n) is 2.01. The van der Waals surface area contributed by atoms with Crippen molar-refractivity contribution in [2.75, 3.05) is 33.9 Å². The monoisotopic (exact) mass is 331 g/mol. The van der Waals surface area contributed by atoms with Crippen molar-refractivity contribution in [1.29, 1.82) is 0 Å². The zero-order valence-electron chi connectivity index (χ0n) is 11.8.